The van der Waals surface area contributed by atoms with Gasteiger partial charge >= 0.3 is 5.69 Å². The summed E-state index contributed by atoms with van der Waals surface area (Å²) in [6, 6.07) is 7.97. The van der Waals surface area contributed by atoms with Gasteiger partial charge in [0.1, 0.15) is 17.7 Å². The largest absolute Gasteiger partial charge is 0.455 e. The predicted octanol–water partition coefficient (Wildman–Crippen LogP) is 5.07. The molecule has 0 aliphatic rings. The maximum atomic E-state index is 12.7. The maximum Gasteiger partial charge on any atom is 0.320 e. The molecule has 0 aliphatic carbocycles. The van der Waals surface area contributed by atoms with Gasteiger partial charge in [0.15, 0.2) is 0 Å². The molecule has 1 heterocycles. The number of aryl methyl sites for hydroxylation is 1. The lowest BCUT2D eigenvalue weighted by Crippen LogP contribution is -2.18. The first-order valence-electron chi connectivity index (χ1n) is 8.63. The van der Waals surface area contributed by atoms with Crippen molar-refractivity contribution in [2.45, 2.75) is 13.5 Å². The highest BCUT2D eigenvalue weighted by molar-refractivity contribution is 6.35. The number of halogens is 2. The van der Waals surface area contributed by atoms with Crippen molar-refractivity contribution < 1.29 is 19.4 Å². The van der Waals surface area contributed by atoms with Crippen LogP contribution in [-0.2, 0) is 6.54 Å². The van der Waals surface area contributed by atoms with Crippen molar-refractivity contribution in [1.82, 2.24) is 9.78 Å². The van der Waals surface area contributed by atoms with Crippen LogP contribution in [0.5, 0.6) is 11.5 Å². The van der Waals surface area contributed by atoms with Crippen LogP contribution < -0.4 is 10.1 Å². The molecule has 3 rings (SSSR count). The summed E-state index contributed by atoms with van der Waals surface area (Å²) in [5.74, 6) is -0.669. The van der Waals surface area contributed by atoms with Gasteiger partial charge in [-0.1, -0.05) is 23.2 Å². The number of aromatic nitrogens is 2. The minimum atomic E-state index is -0.859. The Morgan fingerprint density at radius 3 is 2.52 bits per heavy atom. The number of non-ortho nitro benzene ring substituents is 1. The molecule has 0 saturated heterocycles. The number of ether oxygens (including phenoxy) is 1. The average Bonchev–Trinajstić information content (AvgIpc) is 3.14. The molecule has 0 saturated carbocycles. The highest BCUT2D eigenvalue weighted by atomic mass is 35.5. The second kappa shape index (κ2) is 8.98. The Balaban J connectivity index is 1.96. The number of hydrogen-bond donors (Lipinski definition) is 1. The van der Waals surface area contributed by atoms with Gasteiger partial charge in [0.05, 0.1) is 26.6 Å². The highest BCUT2D eigenvalue weighted by Gasteiger charge is 2.27. The van der Waals surface area contributed by atoms with E-state index in [9.17, 15) is 25.0 Å². The summed E-state index contributed by atoms with van der Waals surface area (Å²) in [7, 11) is 0. The predicted molar refractivity (Wildman–Crippen MR) is 112 cm³/mol. The smallest absolute Gasteiger partial charge is 0.320 e. The number of nitrogens with one attached hydrogen (secondary N) is 1. The van der Waals surface area contributed by atoms with Gasteiger partial charge in [0.2, 0.25) is 5.69 Å². The number of rotatable bonds is 7. The van der Waals surface area contributed by atoms with Crippen LogP contribution in [-0.4, -0.2) is 25.5 Å². The number of nitrogens with zero attached hydrogens (tertiary/aromatic N) is 4. The van der Waals surface area contributed by atoms with Crippen molar-refractivity contribution in [3.05, 3.63) is 78.6 Å². The molecule has 31 heavy (non-hydrogen) atoms. The van der Waals surface area contributed by atoms with Gasteiger partial charge in [-0.25, -0.2) is 0 Å². The first-order valence-corrected chi connectivity index (χ1v) is 9.39. The molecule has 11 nitrogen and oxygen atoms in total. The van der Waals surface area contributed by atoms with Crippen molar-refractivity contribution in [1.29, 1.82) is 0 Å². The molecule has 0 fully saturated rings. The fourth-order valence-electron chi connectivity index (χ4n) is 2.68. The molecule has 0 bridgehead atoms. The number of nitro benzene ring substituents is 1. The summed E-state index contributed by atoms with van der Waals surface area (Å²) in [4.78, 5) is 33.8. The normalized spacial score (nSPS) is 10.5. The average molecular weight is 466 g/mol. The SMILES string of the molecule is CCn1ncc([N+](=O)[O-])c1C(=O)Nc1cc(Oc2ccc(Cl)cc2Cl)cc([N+](=O)[O-])c1. The molecule has 2 aromatic carbocycles. The lowest BCUT2D eigenvalue weighted by molar-refractivity contribution is -0.385. The fraction of sp³-hybridized carbons (Fsp3) is 0.111. The molecule has 160 valence electrons. The molecule has 1 aromatic heterocycles. The van der Waals surface area contributed by atoms with E-state index in [0.717, 1.165) is 23.0 Å². The van der Waals surface area contributed by atoms with Crippen molar-refractivity contribution in [2.24, 2.45) is 0 Å². The summed E-state index contributed by atoms with van der Waals surface area (Å²) in [6.07, 6.45) is 0.961. The van der Waals surface area contributed by atoms with Gasteiger partial charge in [0, 0.05) is 23.7 Å². The molecule has 3 aromatic rings. The van der Waals surface area contributed by atoms with Crippen molar-refractivity contribution >= 4 is 46.2 Å². The van der Waals surface area contributed by atoms with E-state index in [2.05, 4.69) is 10.4 Å². The van der Waals surface area contributed by atoms with E-state index < -0.39 is 21.4 Å². The maximum absolute atomic E-state index is 12.7. The third-order valence-electron chi connectivity index (χ3n) is 4.01. The minimum absolute atomic E-state index is 0.00669. The van der Waals surface area contributed by atoms with Crippen molar-refractivity contribution in [2.75, 3.05) is 5.32 Å². The van der Waals surface area contributed by atoms with Gasteiger partial charge in [-0.2, -0.15) is 5.10 Å². The van der Waals surface area contributed by atoms with Gasteiger partial charge in [-0.3, -0.25) is 29.7 Å². The van der Waals surface area contributed by atoms with Crippen LogP contribution in [0.2, 0.25) is 10.0 Å². The lowest BCUT2D eigenvalue weighted by Gasteiger charge is -2.11. The van der Waals surface area contributed by atoms with Crippen molar-refractivity contribution in [3.8, 4) is 11.5 Å². The van der Waals surface area contributed by atoms with E-state index in [1.165, 1.54) is 24.3 Å². The Labute approximate surface area is 184 Å². The lowest BCUT2D eigenvalue weighted by atomic mass is 10.2. The zero-order valence-corrected chi connectivity index (χ0v) is 17.3. The van der Waals surface area contributed by atoms with Crippen LogP contribution in [0.3, 0.4) is 0 Å². The number of amides is 1. The monoisotopic (exact) mass is 465 g/mol. The van der Waals surface area contributed by atoms with Crippen LogP contribution >= 0.6 is 23.2 Å². The van der Waals surface area contributed by atoms with Gasteiger partial charge in [-0.05, 0) is 25.1 Å². The first kappa shape index (κ1) is 22.0. The molecule has 0 radical (unpaired) electrons. The number of carbonyl (C=O) groups excluding carboxylic acids is 1. The third-order valence-corrected chi connectivity index (χ3v) is 4.54. The molecular weight excluding hydrogens is 453 g/mol. The molecule has 0 atom stereocenters. The van der Waals surface area contributed by atoms with E-state index in [4.69, 9.17) is 27.9 Å². The number of anilines is 1. The van der Waals surface area contributed by atoms with E-state index in [0.29, 0.717) is 5.02 Å². The second-order valence-electron chi connectivity index (χ2n) is 6.05. The Bertz CT molecular complexity index is 1200. The minimum Gasteiger partial charge on any atom is -0.455 e. The van der Waals surface area contributed by atoms with Crippen LogP contribution in [0.4, 0.5) is 17.1 Å². The second-order valence-corrected chi connectivity index (χ2v) is 6.90. The van der Waals surface area contributed by atoms with Crippen LogP contribution in [0.1, 0.15) is 17.4 Å². The van der Waals surface area contributed by atoms with Crippen molar-refractivity contribution in [3.63, 3.8) is 0 Å². The van der Waals surface area contributed by atoms with Gasteiger partial charge < -0.3 is 10.1 Å². The van der Waals surface area contributed by atoms with Gasteiger partial charge in [-0.15, -0.1) is 0 Å². The number of nitro groups is 2. The molecule has 0 aliphatic heterocycles. The summed E-state index contributed by atoms with van der Waals surface area (Å²) >= 11 is 11.9. The van der Waals surface area contributed by atoms with E-state index in [1.807, 2.05) is 0 Å². The number of benzene rings is 2. The molecule has 1 N–H and O–H groups in total. The Kier molecular flexibility index (Phi) is 6.37. The molecule has 0 unspecified atom stereocenters. The van der Waals surface area contributed by atoms with Crippen LogP contribution in [0, 0.1) is 20.2 Å². The van der Waals surface area contributed by atoms with Crippen LogP contribution in [0.15, 0.2) is 42.6 Å². The molecule has 13 heteroatoms. The zero-order valence-electron chi connectivity index (χ0n) is 15.7. The number of carbonyl (C=O) groups is 1. The van der Waals surface area contributed by atoms with Gasteiger partial charge in [0.25, 0.3) is 11.6 Å². The van der Waals surface area contributed by atoms with Crippen LogP contribution in [0.25, 0.3) is 0 Å². The third kappa shape index (κ3) is 4.90. The molecule has 1 amide bonds. The summed E-state index contributed by atoms with van der Waals surface area (Å²) in [5.41, 5.74) is -1.18. The highest BCUT2D eigenvalue weighted by Crippen LogP contribution is 2.35. The quantitative estimate of drug-likeness (QED) is 0.378. The molecular formula is C18H13Cl2N5O6. The summed E-state index contributed by atoms with van der Waals surface area (Å²) < 4.78 is 6.75. The standard InChI is InChI=1S/C18H13Cl2N5O6/c1-2-23-17(15(9-21-23)25(29)30)18(26)22-11-6-12(24(27)28)8-13(7-11)31-16-4-3-10(19)5-14(16)20/h3-9H,2H2,1H3,(H,22,26). The zero-order chi connectivity index (χ0) is 22.7. The summed E-state index contributed by atoms with van der Waals surface area (Å²) in [6.45, 7) is 1.86. The Morgan fingerprint density at radius 1 is 1.16 bits per heavy atom. The number of hydrogen-bond acceptors (Lipinski definition) is 7. The fourth-order valence-corrected chi connectivity index (χ4v) is 3.12. The van der Waals surface area contributed by atoms with E-state index in [-0.39, 0.29) is 40.1 Å². The Morgan fingerprint density at radius 2 is 1.90 bits per heavy atom. The topological polar surface area (TPSA) is 142 Å². The molecule has 0 spiro atoms. The van der Waals surface area contributed by atoms with E-state index in [1.54, 1.807) is 6.92 Å². The van der Waals surface area contributed by atoms with E-state index >= 15 is 0 Å². The first-order chi connectivity index (χ1) is 14.7. The summed E-state index contributed by atoms with van der Waals surface area (Å²) in [5, 5.41) is 29.3. The Hall–Kier alpha value is -3.70.